The normalized spacial score (nSPS) is 13.3. The van der Waals surface area contributed by atoms with Crippen molar-refractivity contribution in [1.82, 2.24) is 0 Å². The molecule has 0 aromatic heterocycles. The van der Waals surface area contributed by atoms with Crippen LogP contribution in [0.3, 0.4) is 0 Å². The lowest BCUT2D eigenvalue weighted by molar-refractivity contribution is 0.633. The summed E-state index contributed by atoms with van der Waals surface area (Å²) in [4.78, 5) is 4.69. The van der Waals surface area contributed by atoms with E-state index >= 15 is 0 Å². The molecule has 2 aliphatic carbocycles. The lowest BCUT2D eigenvalue weighted by Gasteiger charge is -2.38. The van der Waals surface area contributed by atoms with Crippen LogP contribution in [0.5, 0.6) is 0 Å². The molecule has 0 N–H and O–H groups in total. The largest absolute Gasteiger partial charge is 0.311 e. The van der Waals surface area contributed by atoms with E-state index in [1.807, 2.05) is 0 Å². The number of benzene rings is 12. The molecular weight excluding hydrogens is 977 g/mol. The summed E-state index contributed by atoms with van der Waals surface area (Å²) in [6.07, 6.45) is 0. The molecule has 0 fully saturated rings. The van der Waals surface area contributed by atoms with Crippen LogP contribution >= 0.6 is 0 Å². The molecule has 14 rings (SSSR count). The minimum absolute atomic E-state index is 0.294. The summed E-state index contributed by atoms with van der Waals surface area (Å²) in [5, 5.41) is 2.64. The molecular formula is C79H64N2. The number of rotatable bonds is 10. The SMILES string of the molecule is Cc1ccc(N(c2ccc(C)cc2)c2ccc(-c3ccc(C4(c5ccc(-c6ccc(N(c7ccc(C)cc7)c7ccc(C)cc7)cc6)cc5)c5ccccc5-c5ccc6c(c54)C(C)(C)c4cc(C)c5ccccc5c4-6)cc3)cc2)cc1. The van der Waals surface area contributed by atoms with Crippen LogP contribution in [0.25, 0.3) is 55.3 Å². The average Bonchev–Trinajstić information content (AvgIpc) is 4.08. The molecule has 0 saturated carbocycles. The molecule has 0 saturated heterocycles. The van der Waals surface area contributed by atoms with Crippen LogP contribution < -0.4 is 9.80 Å². The minimum Gasteiger partial charge on any atom is -0.311 e. The van der Waals surface area contributed by atoms with E-state index in [1.54, 1.807) is 0 Å². The summed E-state index contributed by atoms with van der Waals surface area (Å²) in [6.45, 7) is 15.8. The third-order valence-electron chi connectivity index (χ3n) is 17.7. The quantitative estimate of drug-likeness (QED) is 0.135. The third-order valence-corrected chi connectivity index (χ3v) is 17.7. The van der Waals surface area contributed by atoms with Crippen molar-refractivity contribution in [3.8, 4) is 44.5 Å². The second-order valence-electron chi connectivity index (χ2n) is 23.3. The van der Waals surface area contributed by atoms with Gasteiger partial charge < -0.3 is 9.80 Å². The lowest BCUT2D eigenvalue weighted by Crippen LogP contribution is -2.32. The number of nitrogens with zero attached hydrogens (tertiary/aromatic N) is 2. The Balaban J connectivity index is 0.910. The average molecular weight is 1040 g/mol. The number of anilines is 6. The van der Waals surface area contributed by atoms with E-state index in [0.29, 0.717) is 0 Å². The fourth-order valence-corrected chi connectivity index (χ4v) is 13.6. The van der Waals surface area contributed by atoms with E-state index in [0.717, 1.165) is 34.1 Å². The second kappa shape index (κ2) is 19.4. The third kappa shape index (κ3) is 8.15. The van der Waals surface area contributed by atoms with E-state index in [9.17, 15) is 0 Å². The van der Waals surface area contributed by atoms with Gasteiger partial charge in [0, 0.05) is 39.5 Å². The van der Waals surface area contributed by atoms with Gasteiger partial charge in [-0.3, -0.25) is 0 Å². The van der Waals surface area contributed by atoms with Gasteiger partial charge >= 0.3 is 0 Å². The Morgan fingerprint density at radius 1 is 0.284 bits per heavy atom. The van der Waals surface area contributed by atoms with Crippen molar-refractivity contribution in [3.05, 3.63) is 322 Å². The summed E-state index contributed by atoms with van der Waals surface area (Å²) < 4.78 is 0. The fourth-order valence-electron chi connectivity index (χ4n) is 13.6. The smallest absolute Gasteiger partial charge is 0.0716 e. The Morgan fingerprint density at radius 3 is 1.05 bits per heavy atom. The van der Waals surface area contributed by atoms with Gasteiger partial charge in [0.2, 0.25) is 0 Å². The molecule has 2 heteroatoms. The first-order valence-corrected chi connectivity index (χ1v) is 28.6. The van der Waals surface area contributed by atoms with E-state index in [-0.39, 0.29) is 5.41 Å². The van der Waals surface area contributed by atoms with Crippen LogP contribution in [0.4, 0.5) is 34.1 Å². The van der Waals surface area contributed by atoms with Gasteiger partial charge in [0.25, 0.3) is 0 Å². The molecule has 0 spiro atoms. The molecule has 0 bridgehead atoms. The van der Waals surface area contributed by atoms with E-state index in [1.165, 1.54) is 116 Å². The van der Waals surface area contributed by atoms with Crippen molar-refractivity contribution in [2.75, 3.05) is 9.80 Å². The molecule has 0 aliphatic heterocycles. The highest BCUT2D eigenvalue weighted by Gasteiger charge is 2.52. The minimum atomic E-state index is -0.642. The predicted octanol–water partition coefficient (Wildman–Crippen LogP) is 21.3. The summed E-state index contributed by atoms with van der Waals surface area (Å²) >= 11 is 0. The number of hydrogen-bond donors (Lipinski definition) is 0. The van der Waals surface area contributed by atoms with Crippen molar-refractivity contribution in [2.45, 2.75) is 59.3 Å². The first-order valence-electron chi connectivity index (χ1n) is 28.6. The topological polar surface area (TPSA) is 6.48 Å². The highest BCUT2D eigenvalue weighted by Crippen LogP contribution is 2.64. The maximum absolute atomic E-state index is 2.48. The van der Waals surface area contributed by atoms with Crippen LogP contribution in [-0.4, -0.2) is 0 Å². The first kappa shape index (κ1) is 49.8. The Morgan fingerprint density at radius 2 is 0.630 bits per heavy atom. The molecule has 12 aromatic carbocycles. The number of fused-ring (bicyclic) bond motifs is 9. The molecule has 0 radical (unpaired) electrons. The Labute approximate surface area is 477 Å². The summed E-state index contributed by atoms with van der Waals surface area (Å²) in [5.74, 6) is 0. The van der Waals surface area contributed by atoms with Gasteiger partial charge in [0.1, 0.15) is 0 Å². The zero-order valence-electron chi connectivity index (χ0n) is 47.2. The fraction of sp³-hybridized carbons (Fsp3) is 0.114. The van der Waals surface area contributed by atoms with Crippen molar-refractivity contribution in [1.29, 1.82) is 0 Å². The van der Waals surface area contributed by atoms with Crippen molar-refractivity contribution < 1.29 is 0 Å². The molecule has 12 aromatic rings. The van der Waals surface area contributed by atoms with Crippen LogP contribution in [0.2, 0.25) is 0 Å². The Hall–Kier alpha value is -9.50. The molecule has 81 heavy (non-hydrogen) atoms. The van der Waals surface area contributed by atoms with E-state index < -0.39 is 5.41 Å². The lowest BCUT2D eigenvalue weighted by atomic mass is 9.63. The highest BCUT2D eigenvalue weighted by atomic mass is 15.1. The predicted molar refractivity (Wildman–Crippen MR) is 343 cm³/mol. The van der Waals surface area contributed by atoms with Crippen LogP contribution in [-0.2, 0) is 10.8 Å². The van der Waals surface area contributed by atoms with Gasteiger partial charge in [-0.1, -0.05) is 224 Å². The first-order chi connectivity index (χ1) is 39.4. The van der Waals surface area contributed by atoms with Gasteiger partial charge in [0.05, 0.1) is 5.41 Å². The summed E-state index contributed by atoms with van der Waals surface area (Å²) in [7, 11) is 0. The van der Waals surface area contributed by atoms with Crippen LogP contribution in [0.1, 0.15) is 75.0 Å². The number of hydrogen-bond acceptors (Lipinski definition) is 2. The Kier molecular flexibility index (Phi) is 11.9. The summed E-state index contributed by atoms with van der Waals surface area (Å²) in [6, 6.07) is 98.2. The van der Waals surface area contributed by atoms with Gasteiger partial charge in [0.15, 0.2) is 0 Å². The molecule has 0 heterocycles. The molecule has 0 atom stereocenters. The maximum atomic E-state index is 2.48. The van der Waals surface area contributed by atoms with Crippen LogP contribution in [0, 0.1) is 34.6 Å². The van der Waals surface area contributed by atoms with Gasteiger partial charge in [-0.05, 0) is 202 Å². The highest BCUT2D eigenvalue weighted by molar-refractivity contribution is 6.06. The molecule has 0 amide bonds. The standard InChI is InChI=1S/C79H64N2/c1-51-16-36-62(37-17-51)80(63-38-18-52(2)19-39-63)66-44-28-58(29-45-66)56-24-32-60(33-25-56)79(61-34-26-57(27-35-61)59-30-46-67(47-31-59)81(64-40-20-53(3)21-41-64)65-42-22-54(4)23-43-65)73-15-11-10-13-69(73)71-48-49-72-75-70-14-9-8-12-68(70)55(5)50-74(75)78(6,7)76(72)77(71)79/h8-50H,1-7H3. The Bertz CT molecular complexity index is 4070. The zero-order chi connectivity index (χ0) is 55.1. The molecule has 2 nitrogen and oxygen atoms in total. The monoisotopic (exact) mass is 1040 g/mol. The van der Waals surface area contributed by atoms with Gasteiger partial charge in [-0.25, -0.2) is 0 Å². The molecule has 2 aliphatic rings. The number of aryl methyl sites for hydroxylation is 5. The van der Waals surface area contributed by atoms with Gasteiger partial charge in [-0.2, -0.15) is 0 Å². The van der Waals surface area contributed by atoms with E-state index in [4.69, 9.17) is 0 Å². The van der Waals surface area contributed by atoms with Crippen molar-refractivity contribution in [2.24, 2.45) is 0 Å². The molecule has 390 valence electrons. The van der Waals surface area contributed by atoms with Gasteiger partial charge in [-0.15, -0.1) is 0 Å². The maximum Gasteiger partial charge on any atom is 0.0716 e. The van der Waals surface area contributed by atoms with Crippen LogP contribution in [0.15, 0.2) is 261 Å². The van der Waals surface area contributed by atoms with E-state index in [2.05, 4.69) is 319 Å². The van der Waals surface area contributed by atoms with Crippen molar-refractivity contribution in [3.63, 3.8) is 0 Å². The molecule has 0 unspecified atom stereocenters. The second-order valence-corrected chi connectivity index (χ2v) is 23.3. The van der Waals surface area contributed by atoms with Crippen molar-refractivity contribution >= 4 is 44.9 Å². The summed E-state index contributed by atoms with van der Waals surface area (Å²) in [5.41, 5.74) is 30.2. The zero-order valence-corrected chi connectivity index (χ0v) is 47.2.